The molecule has 1 aromatic carbocycles. The number of anilines is 1. The molecule has 0 radical (unpaired) electrons. The standard InChI is InChI=1S/C15H21NO4S/c1-2-10-21(19,20)14-8-4-3-7-13(14)16-9-5-6-12(16)11-15(17)18/h3-4,7-8,12H,2,5-6,9-11H2,1H3,(H,17,18). The van der Waals surface area contributed by atoms with Crippen molar-refractivity contribution in [1.82, 2.24) is 0 Å². The second-order valence-corrected chi connectivity index (χ2v) is 7.45. The maximum absolute atomic E-state index is 12.4. The quantitative estimate of drug-likeness (QED) is 0.872. The first-order valence-electron chi connectivity index (χ1n) is 7.26. The Hall–Kier alpha value is -1.56. The molecule has 1 N–H and O–H groups in total. The molecule has 0 bridgehead atoms. The molecule has 1 atom stereocenters. The van der Waals surface area contributed by atoms with Crippen LogP contribution in [0.1, 0.15) is 32.6 Å². The van der Waals surface area contributed by atoms with Crippen molar-refractivity contribution in [2.24, 2.45) is 0 Å². The minimum atomic E-state index is -3.32. The molecule has 5 nitrogen and oxygen atoms in total. The SMILES string of the molecule is CCCS(=O)(=O)c1ccccc1N1CCCC1CC(=O)O. The van der Waals surface area contributed by atoms with Gasteiger partial charge >= 0.3 is 5.97 Å². The lowest BCUT2D eigenvalue weighted by Crippen LogP contribution is -2.32. The lowest BCUT2D eigenvalue weighted by Gasteiger charge is -2.27. The van der Waals surface area contributed by atoms with Crippen LogP contribution >= 0.6 is 0 Å². The first-order chi connectivity index (χ1) is 9.95. The van der Waals surface area contributed by atoms with Gasteiger partial charge in [-0.15, -0.1) is 0 Å². The van der Waals surface area contributed by atoms with Gasteiger partial charge < -0.3 is 10.0 Å². The summed E-state index contributed by atoms with van der Waals surface area (Å²) in [5.74, 6) is -0.734. The van der Waals surface area contributed by atoms with E-state index < -0.39 is 15.8 Å². The molecule has 21 heavy (non-hydrogen) atoms. The fourth-order valence-corrected chi connectivity index (χ4v) is 4.45. The third-order valence-corrected chi connectivity index (χ3v) is 5.73. The number of hydrogen-bond donors (Lipinski definition) is 1. The minimum absolute atomic E-state index is 0.0438. The summed E-state index contributed by atoms with van der Waals surface area (Å²) in [6, 6.07) is 6.80. The van der Waals surface area contributed by atoms with Gasteiger partial charge in [-0.25, -0.2) is 8.42 Å². The van der Waals surface area contributed by atoms with Crippen molar-refractivity contribution >= 4 is 21.5 Å². The van der Waals surface area contributed by atoms with E-state index in [-0.39, 0.29) is 18.2 Å². The molecule has 1 aliphatic heterocycles. The van der Waals surface area contributed by atoms with E-state index in [0.717, 1.165) is 12.8 Å². The number of rotatable bonds is 6. The van der Waals surface area contributed by atoms with E-state index >= 15 is 0 Å². The fraction of sp³-hybridized carbons (Fsp3) is 0.533. The number of benzene rings is 1. The zero-order valence-corrected chi connectivity index (χ0v) is 13.0. The molecule has 2 rings (SSSR count). The van der Waals surface area contributed by atoms with Crippen molar-refractivity contribution in [2.75, 3.05) is 17.2 Å². The van der Waals surface area contributed by atoms with Gasteiger partial charge in [-0.05, 0) is 31.4 Å². The summed E-state index contributed by atoms with van der Waals surface area (Å²) in [4.78, 5) is 13.2. The predicted octanol–water partition coefficient (Wildman–Crippen LogP) is 2.31. The molecule has 1 unspecified atom stereocenters. The van der Waals surface area contributed by atoms with E-state index in [9.17, 15) is 13.2 Å². The third-order valence-electron chi connectivity index (χ3n) is 3.77. The topological polar surface area (TPSA) is 74.7 Å². The van der Waals surface area contributed by atoms with Crippen LogP contribution in [0.3, 0.4) is 0 Å². The van der Waals surface area contributed by atoms with E-state index in [1.165, 1.54) is 0 Å². The molecule has 6 heteroatoms. The van der Waals surface area contributed by atoms with Gasteiger partial charge in [-0.1, -0.05) is 19.1 Å². The lowest BCUT2D eigenvalue weighted by molar-refractivity contribution is -0.137. The molecular formula is C15H21NO4S. The van der Waals surface area contributed by atoms with Crippen LogP contribution in [0.15, 0.2) is 29.2 Å². The molecule has 1 aliphatic rings. The second kappa shape index (κ2) is 6.47. The number of nitrogens with zero attached hydrogens (tertiary/aromatic N) is 1. The summed E-state index contributed by atoms with van der Waals surface area (Å²) < 4.78 is 24.8. The van der Waals surface area contributed by atoms with Crippen LogP contribution in [0.25, 0.3) is 0 Å². The molecule has 0 aliphatic carbocycles. The zero-order chi connectivity index (χ0) is 15.5. The normalized spacial score (nSPS) is 18.9. The van der Waals surface area contributed by atoms with Crippen molar-refractivity contribution in [3.63, 3.8) is 0 Å². The second-order valence-electron chi connectivity index (χ2n) is 5.37. The van der Waals surface area contributed by atoms with Gasteiger partial charge in [0.15, 0.2) is 9.84 Å². The molecule has 1 aromatic rings. The molecule has 1 saturated heterocycles. The summed E-state index contributed by atoms with van der Waals surface area (Å²) in [6.07, 6.45) is 2.28. The number of carboxylic acids is 1. The van der Waals surface area contributed by atoms with Crippen LogP contribution < -0.4 is 4.90 Å². The van der Waals surface area contributed by atoms with E-state index in [1.807, 2.05) is 11.8 Å². The Morgan fingerprint density at radius 3 is 2.76 bits per heavy atom. The van der Waals surface area contributed by atoms with Gasteiger partial charge in [0.2, 0.25) is 0 Å². The first-order valence-corrected chi connectivity index (χ1v) is 8.91. The van der Waals surface area contributed by atoms with Gasteiger partial charge in [0.05, 0.1) is 22.8 Å². The highest BCUT2D eigenvalue weighted by Crippen LogP contribution is 2.33. The summed E-state index contributed by atoms with van der Waals surface area (Å²) in [5, 5.41) is 9.01. The Morgan fingerprint density at radius 2 is 2.10 bits per heavy atom. The van der Waals surface area contributed by atoms with E-state index in [1.54, 1.807) is 24.3 Å². The molecule has 0 amide bonds. The van der Waals surface area contributed by atoms with Gasteiger partial charge in [0.25, 0.3) is 0 Å². The Morgan fingerprint density at radius 1 is 1.38 bits per heavy atom. The Balaban J connectivity index is 2.38. The van der Waals surface area contributed by atoms with Crippen LogP contribution in [-0.2, 0) is 14.6 Å². The summed E-state index contributed by atoms with van der Waals surface area (Å²) >= 11 is 0. The number of sulfone groups is 1. The Bertz CT molecular complexity index is 612. The number of para-hydroxylation sites is 1. The largest absolute Gasteiger partial charge is 0.481 e. The summed E-state index contributed by atoms with van der Waals surface area (Å²) in [7, 11) is -3.32. The maximum Gasteiger partial charge on any atom is 0.305 e. The van der Waals surface area contributed by atoms with Crippen LogP contribution in [0.2, 0.25) is 0 Å². The highest BCUT2D eigenvalue weighted by atomic mass is 32.2. The monoisotopic (exact) mass is 311 g/mol. The minimum Gasteiger partial charge on any atom is -0.481 e. The average Bonchev–Trinajstić information content (AvgIpc) is 2.86. The molecule has 0 spiro atoms. The molecule has 1 heterocycles. The van der Waals surface area contributed by atoms with Crippen molar-refractivity contribution < 1.29 is 18.3 Å². The lowest BCUT2D eigenvalue weighted by atomic mass is 10.1. The smallest absolute Gasteiger partial charge is 0.305 e. The Labute approximate surface area is 125 Å². The molecule has 0 saturated carbocycles. The van der Waals surface area contributed by atoms with Crippen molar-refractivity contribution in [3.8, 4) is 0 Å². The zero-order valence-electron chi connectivity index (χ0n) is 12.2. The maximum atomic E-state index is 12.4. The number of hydrogen-bond acceptors (Lipinski definition) is 4. The average molecular weight is 311 g/mol. The van der Waals surface area contributed by atoms with E-state index in [2.05, 4.69) is 0 Å². The van der Waals surface area contributed by atoms with Gasteiger partial charge in [0, 0.05) is 12.6 Å². The third kappa shape index (κ3) is 3.56. The van der Waals surface area contributed by atoms with Crippen molar-refractivity contribution in [1.29, 1.82) is 0 Å². The van der Waals surface area contributed by atoms with E-state index in [0.29, 0.717) is 23.5 Å². The van der Waals surface area contributed by atoms with Gasteiger partial charge in [0.1, 0.15) is 0 Å². The molecular weight excluding hydrogens is 290 g/mol. The molecule has 0 aromatic heterocycles. The first kappa shape index (κ1) is 15.8. The molecule has 116 valence electrons. The highest BCUT2D eigenvalue weighted by Gasteiger charge is 2.30. The predicted molar refractivity (Wildman–Crippen MR) is 81.4 cm³/mol. The van der Waals surface area contributed by atoms with Gasteiger partial charge in [-0.2, -0.15) is 0 Å². The number of carboxylic acid groups (broad SMARTS) is 1. The number of aliphatic carboxylic acids is 1. The van der Waals surface area contributed by atoms with Gasteiger partial charge in [-0.3, -0.25) is 4.79 Å². The highest BCUT2D eigenvalue weighted by molar-refractivity contribution is 7.91. The summed E-state index contributed by atoms with van der Waals surface area (Å²) in [6.45, 7) is 2.54. The van der Waals surface area contributed by atoms with Crippen LogP contribution in [0.4, 0.5) is 5.69 Å². The molecule has 1 fully saturated rings. The number of carbonyl (C=O) groups is 1. The van der Waals surface area contributed by atoms with Crippen molar-refractivity contribution in [3.05, 3.63) is 24.3 Å². The Kier molecular flexibility index (Phi) is 4.88. The van der Waals surface area contributed by atoms with Crippen LogP contribution in [0.5, 0.6) is 0 Å². The van der Waals surface area contributed by atoms with Crippen LogP contribution in [-0.4, -0.2) is 37.8 Å². The fourth-order valence-electron chi connectivity index (χ4n) is 2.90. The van der Waals surface area contributed by atoms with Crippen molar-refractivity contribution in [2.45, 2.75) is 43.5 Å². The summed E-state index contributed by atoms with van der Waals surface area (Å²) in [5.41, 5.74) is 0.648. The van der Waals surface area contributed by atoms with E-state index in [4.69, 9.17) is 5.11 Å². The van der Waals surface area contributed by atoms with Crippen LogP contribution in [0, 0.1) is 0 Å².